The predicted octanol–water partition coefficient (Wildman–Crippen LogP) is 4.02. The number of likely N-dealkylation sites (tertiary alicyclic amines) is 1. The zero-order chi connectivity index (χ0) is 20.5. The van der Waals surface area contributed by atoms with Crippen LogP contribution in [0.5, 0.6) is 0 Å². The highest BCUT2D eigenvalue weighted by Gasteiger charge is 2.51. The summed E-state index contributed by atoms with van der Waals surface area (Å²) in [5.74, 6) is 0.0244. The molecule has 2 fully saturated rings. The summed E-state index contributed by atoms with van der Waals surface area (Å²) >= 11 is 2.34. The molecule has 2 amide bonds. The molecule has 2 aliphatic rings. The molecule has 5 heteroatoms. The van der Waals surface area contributed by atoms with E-state index in [1.54, 1.807) is 0 Å². The Balaban J connectivity index is 1.55. The molecule has 0 aromatic heterocycles. The molecule has 2 heterocycles. The highest BCUT2D eigenvalue weighted by atomic mass is 123. The molecule has 4 nitrogen and oxygen atoms in total. The van der Waals surface area contributed by atoms with Crippen molar-refractivity contribution in [1.29, 1.82) is 0 Å². The molecule has 0 aliphatic carbocycles. The van der Waals surface area contributed by atoms with Gasteiger partial charge in [-0.15, -0.1) is 0 Å². The minimum absolute atomic E-state index is 0.0984. The molecule has 0 saturated carbocycles. The van der Waals surface area contributed by atoms with Crippen LogP contribution in [0, 0.1) is 9.49 Å². The molecule has 0 spiro atoms. The van der Waals surface area contributed by atoms with Gasteiger partial charge in [-0.05, 0) is 52.6 Å². The molecule has 4 rings (SSSR count). The second kappa shape index (κ2) is 8.19. The number of nitrogens with one attached hydrogen (secondary N) is 1. The summed E-state index contributed by atoms with van der Waals surface area (Å²) in [5.41, 5.74) is 1.84. The first-order chi connectivity index (χ1) is 13.9. The summed E-state index contributed by atoms with van der Waals surface area (Å²) in [5, 5.41) is 2.65. The Hall–Kier alpha value is -1.73. The van der Waals surface area contributed by atoms with Gasteiger partial charge < -0.3 is 4.48 Å². The molecule has 0 radical (unpaired) electrons. The maximum Gasteiger partial charge on any atom is 0.237 e. The molecule has 0 unspecified atom stereocenters. The van der Waals surface area contributed by atoms with E-state index in [9.17, 15) is 9.59 Å². The van der Waals surface area contributed by atoms with E-state index < -0.39 is 5.41 Å². The van der Waals surface area contributed by atoms with Crippen molar-refractivity contribution in [1.82, 2.24) is 5.32 Å². The van der Waals surface area contributed by atoms with E-state index in [0.29, 0.717) is 12.8 Å². The van der Waals surface area contributed by atoms with Crippen molar-refractivity contribution < 1.29 is 14.1 Å². The van der Waals surface area contributed by atoms with Crippen molar-refractivity contribution in [2.75, 3.05) is 20.1 Å². The van der Waals surface area contributed by atoms with Gasteiger partial charge in [-0.3, -0.25) is 14.9 Å². The largest absolute Gasteiger partial charge is 0.322 e. The zero-order valence-electron chi connectivity index (χ0n) is 16.9. The average molecular weight is 499 g/mol. The highest BCUT2D eigenvalue weighted by molar-refractivity contribution is 14.1. The Labute approximate surface area is 186 Å². The van der Waals surface area contributed by atoms with Crippen molar-refractivity contribution >= 4 is 34.4 Å². The lowest BCUT2D eigenvalue weighted by Gasteiger charge is -2.48. The summed E-state index contributed by atoms with van der Waals surface area (Å²) in [6.45, 7) is 3.12. The smallest absolute Gasteiger partial charge is 0.237 e. The van der Waals surface area contributed by atoms with Gasteiger partial charge >= 0.3 is 0 Å². The Kier molecular flexibility index (Phi) is 5.80. The molecule has 1 atom stereocenters. The SMILES string of the molecule is C[N+]1(Cc2ccc([123I])cc2)CCC([C@]2(c3ccccc3)CCC(=O)NC2=O)CC1. The van der Waals surface area contributed by atoms with Gasteiger partial charge in [0.2, 0.25) is 11.8 Å². The first-order valence-corrected chi connectivity index (χ1v) is 11.5. The van der Waals surface area contributed by atoms with E-state index in [4.69, 9.17) is 0 Å². The van der Waals surface area contributed by atoms with Gasteiger partial charge in [-0.1, -0.05) is 42.5 Å². The van der Waals surface area contributed by atoms with E-state index in [2.05, 4.69) is 71.4 Å². The molecule has 29 heavy (non-hydrogen) atoms. The molecule has 2 aliphatic heterocycles. The number of nitrogens with zero attached hydrogens (tertiary/aromatic N) is 1. The number of halogens is 1. The van der Waals surface area contributed by atoms with Gasteiger partial charge in [0.25, 0.3) is 0 Å². The Morgan fingerprint density at radius 3 is 2.31 bits per heavy atom. The van der Waals surface area contributed by atoms with Crippen LogP contribution >= 0.6 is 22.6 Å². The van der Waals surface area contributed by atoms with E-state index in [0.717, 1.165) is 42.5 Å². The van der Waals surface area contributed by atoms with Gasteiger partial charge in [0, 0.05) is 28.4 Å². The Morgan fingerprint density at radius 2 is 1.69 bits per heavy atom. The monoisotopic (exact) mass is 499 g/mol. The molecule has 1 N–H and O–H groups in total. The van der Waals surface area contributed by atoms with Crippen LogP contribution in [-0.2, 0) is 21.5 Å². The minimum atomic E-state index is -0.580. The number of piperidine rings is 2. The number of amides is 2. The Bertz CT molecular complexity index is 889. The molecule has 2 saturated heterocycles. The lowest BCUT2D eigenvalue weighted by Crippen LogP contribution is -2.59. The predicted molar refractivity (Wildman–Crippen MR) is 122 cm³/mol. The third-order valence-electron chi connectivity index (χ3n) is 6.90. The maximum absolute atomic E-state index is 13.2. The summed E-state index contributed by atoms with van der Waals surface area (Å²) in [7, 11) is 2.33. The lowest BCUT2D eigenvalue weighted by molar-refractivity contribution is -0.928. The fourth-order valence-electron chi connectivity index (χ4n) is 5.23. The van der Waals surface area contributed by atoms with Gasteiger partial charge in [0.15, 0.2) is 0 Å². The van der Waals surface area contributed by atoms with Crippen molar-refractivity contribution in [3.8, 4) is 0 Å². The third-order valence-corrected chi connectivity index (χ3v) is 7.62. The van der Waals surface area contributed by atoms with Gasteiger partial charge in [0.05, 0.1) is 25.6 Å². The highest BCUT2D eigenvalue weighted by Crippen LogP contribution is 2.45. The summed E-state index contributed by atoms with van der Waals surface area (Å²) < 4.78 is 2.26. The summed E-state index contributed by atoms with van der Waals surface area (Å²) in [4.78, 5) is 25.0. The number of carbonyl (C=O) groups is 2. The van der Waals surface area contributed by atoms with E-state index in [1.807, 2.05) is 18.2 Å². The number of hydrogen-bond acceptors (Lipinski definition) is 2. The summed E-state index contributed by atoms with van der Waals surface area (Å²) in [6.07, 6.45) is 3.04. The van der Waals surface area contributed by atoms with Crippen LogP contribution in [0.1, 0.15) is 36.8 Å². The zero-order valence-corrected chi connectivity index (χ0v) is 19.0. The third kappa shape index (κ3) is 4.12. The quantitative estimate of drug-likeness (QED) is 0.393. The standard InChI is InChI=1S/C24H27IN2O2/c1-27(17-18-7-9-21(25)10-8-18)15-12-20(13-16-27)24(19-5-3-2-4-6-19)14-11-22(28)26-23(24)29/h2-10,20H,11-17H2,1H3/p+1/t20?,24-,27?/m1/s1/i25-4. The minimum Gasteiger partial charge on any atom is -0.322 e. The van der Waals surface area contributed by atoms with Gasteiger partial charge in [0.1, 0.15) is 6.54 Å². The Morgan fingerprint density at radius 1 is 1.03 bits per heavy atom. The lowest BCUT2D eigenvalue weighted by atomic mass is 9.62. The topological polar surface area (TPSA) is 46.2 Å². The van der Waals surface area contributed by atoms with Crippen LogP contribution in [-0.4, -0.2) is 36.4 Å². The number of benzene rings is 2. The van der Waals surface area contributed by atoms with E-state index in [1.165, 1.54) is 9.13 Å². The number of imide groups is 1. The molecule has 2 aromatic rings. The van der Waals surface area contributed by atoms with Crippen LogP contribution in [0.2, 0.25) is 0 Å². The molecular formula is C24H28IN2O2+. The van der Waals surface area contributed by atoms with E-state index >= 15 is 0 Å². The van der Waals surface area contributed by atoms with Crippen molar-refractivity contribution in [2.45, 2.75) is 37.6 Å². The van der Waals surface area contributed by atoms with Crippen LogP contribution in [0.15, 0.2) is 54.6 Å². The normalized spacial score (nSPS) is 30.1. The fraction of sp³-hybridized carbons (Fsp3) is 0.417. The van der Waals surface area contributed by atoms with Crippen LogP contribution in [0.3, 0.4) is 0 Å². The fourth-order valence-corrected chi connectivity index (χ4v) is 5.59. The number of carbonyl (C=O) groups excluding carboxylic acids is 2. The first-order valence-electron chi connectivity index (χ1n) is 10.4. The second-order valence-corrected chi connectivity index (χ2v) is 10.1. The van der Waals surface area contributed by atoms with Crippen molar-refractivity contribution in [3.63, 3.8) is 0 Å². The van der Waals surface area contributed by atoms with Crippen molar-refractivity contribution in [3.05, 3.63) is 69.3 Å². The number of quaternary nitrogens is 1. The summed E-state index contributed by atoms with van der Waals surface area (Å²) in [6, 6.07) is 18.9. The molecule has 2 aromatic carbocycles. The second-order valence-electron chi connectivity index (χ2n) is 8.84. The molecule has 0 bridgehead atoms. The van der Waals surface area contributed by atoms with Crippen molar-refractivity contribution in [2.24, 2.45) is 5.92 Å². The maximum atomic E-state index is 13.2. The van der Waals surface area contributed by atoms with Crippen LogP contribution < -0.4 is 5.32 Å². The van der Waals surface area contributed by atoms with E-state index in [-0.39, 0.29) is 17.7 Å². The first kappa shape index (κ1) is 20.5. The van der Waals surface area contributed by atoms with Crippen LogP contribution in [0.4, 0.5) is 0 Å². The van der Waals surface area contributed by atoms with Gasteiger partial charge in [-0.2, -0.15) is 0 Å². The van der Waals surface area contributed by atoms with Gasteiger partial charge in [-0.25, -0.2) is 0 Å². The van der Waals surface area contributed by atoms with Crippen LogP contribution in [0.25, 0.3) is 0 Å². The number of rotatable bonds is 4. The molecule has 152 valence electrons. The number of hydrogen-bond donors (Lipinski definition) is 1. The average Bonchev–Trinajstić information content (AvgIpc) is 2.72. The molecular weight excluding hydrogens is 471 g/mol.